The molecule has 2 heterocycles. The van der Waals surface area contributed by atoms with Gasteiger partial charge in [-0.25, -0.2) is 0 Å². The second-order valence-electron chi connectivity index (χ2n) is 9.02. The van der Waals surface area contributed by atoms with Crippen LogP contribution in [0.2, 0.25) is 0 Å². The highest BCUT2D eigenvalue weighted by atomic mass is 32.1. The Bertz CT molecular complexity index is 880. The first-order valence-electron chi connectivity index (χ1n) is 11.6. The molecule has 2 saturated heterocycles. The SMILES string of the molecule is COC(=O)C1CCC2C(=O)N(Cc3ccc(C(=O)N4CCCCCC4)cc3)C(=S)NC2C1. The number of methoxy groups -OCH3 is 1. The van der Waals surface area contributed by atoms with Gasteiger partial charge in [0.1, 0.15) is 0 Å². The quantitative estimate of drug-likeness (QED) is 0.553. The number of likely N-dealkylation sites (tertiary alicyclic amines) is 1. The first-order valence-corrected chi connectivity index (χ1v) is 12.0. The van der Waals surface area contributed by atoms with Crippen molar-refractivity contribution in [1.29, 1.82) is 0 Å². The fourth-order valence-electron chi connectivity index (χ4n) is 5.08. The molecule has 172 valence electrons. The number of nitrogens with one attached hydrogen (secondary N) is 1. The number of rotatable bonds is 4. The van der Waals surface area contributed by atoms with Crippen LogP contribution in [0.5, 0.6) is 0 Å². The summed E-state index contributed by atoms with van der Waals surface area (Å²) in [5, 5.41) is 3.67. The zero-order valence-corrected chi connectivity index (χ0v) is 19.4. The van der Waals surface area contributed by atoms with E-state index in [9.17, 15) is 14.4 Å². The largest absolute Gasteiger partial charge is 0.469 e. The van der Waals surface area contributed by atoms with E-state index in [1.807, 2.05) is 29.2 Å². The number of carbonyl (C=O) groups is 3. The van der Waals surface area contributed by atoms with Gasteiger partial charge in [0.25, 0.3) is 5.91 Å². The van der Waals surface area contributed by atoms with Gasteiger partial charge in [-0.1, -0.05) is 25.0 Å². The van der Waals surface area contributed by atoms with Gasteiger partial charge in [0.2, 0.25) is 5.91 Å². The van der Waals surface area contributed by atoms with E-state index in [0.717, 1.165) is 31.5 Å². The molecule has 0 aromatic heterocycles. The van der Waals surface area contributed by atoms with Crippen LogP contribution in [0, 0.1) is 11.8 Å². The Morgan fingerprint density at radius 3 is 2.44 bits per heavy atom. The third-order valence-corrected chi connectivity index (χ3v) is 7.30. The van der Waals surface area contributed by atoms with Gasteiger partial charge in [-0.3, -0.25) is 19.3 Å². The van der Waals surface area contributed by atoms with Gasteiger partial charge >= 0.3 is 5.97 Å². The van der Waals surface area contributed by atoms with Crippen molar-refractivity contribution in [1.82, 2.24) is 15.1 Å². The number of benzene rings is 1. The van der Waals surface area contributed by atoms with E-state index in [4.69, 9.17) is 17.0 Å². The summed E-state index contributed by atoms with van der Waals surface area (Å²) in [7, 11) is 1.40. The lowest BCUT2D eigenvalue weighted by Crippen LogP contribution is -2.61. The molecule has 1 N–H and O–H groups in total. The molecule has 0 bridgehead atoms. The van der Waals surface area contributed by atoms with Crippen LogP contribution in [0.1, 0.15) is 60.9 Å². The molecule has 2 amide bonds. The van der Waals surface area contributed by atoms with Crippen LogP contribution in [0.3, 0.4) is 0 Å². The Kier molecular flexibility index (Phi) is 7.08. The zero-order valence-electron chi connectivity index (χ0n) is 18.5. The van der Waals surface area contributed by atoms with E-state index >= 15 is 0 Å². The third-order valence-electron chi connectivity index (χ3n) is 6.96. The molecule has 3 unspecified atom stereocenters. The molecule has 1 aromatic rings. The molecule has 3 fully saturated rings. The number of hydrogen-bond donors (Lipinski definition) is 1. The van der Waals surface area contributed by atoms with Crippen molar-refractivity contribution in [2.75, 3.05) is 20.2 Å². The van der Waals surface area contributed by atoms with E-state index in [1.165, 1.54) is 20.0 Å². The Morgan fingerprint density at radius 1 is 1.09 bits per heavy atom. The van der Waals surface area contributed by atoms with Crippen molar-refractivity contribution in [3.8, 4) is 0 Å². The highest BCUT2D eigenvalue weighted by Gasteiger charge is 2.44. The molecule has 1 saturated carbocycles. The van der Waals surface area contributed by atoms with Crippen LogP contribution in [0.4, 0.5) is 0 Å². The third kappa shape index (κ3) is 4.80. The van der Waals surface area contributed by atoms with Crippen LogP contribution in [-0.2, 0) is 20.9 Å². The summed E-state index contributed by atoms with van der Waals surface area (Å²) in [4.78, 5) is 41.4. The number of esters is 1. The lowest BCUT2D eigenvalue weighted by molar-refractivity contribution is -0.149. The summed E-state index contributed by atoms with van der Waals surface area (Å²) in [6.45, 7) is 2.01. The normalized spacial score (nSPS) is 26.1. The minimum absolute atomic E-state index is 0.00628. The fourth-order valence-corrected chi connectivity index (χ4v) is 5.39. The highest BCUT2D eigenvalue weighted by molar-refractivity contribution is 7.80. The molecule has 7 nitrogen and oxygen atoms in total. The summed E-state index contributed by atoms with van der Waals surface area (Å²) in [5.74, 6) is -0.515. The van der Waals surface area contributed by atoms with Gasteiger partial charge in [-0.05, 0) is 62.0 Å². The summed E-state index contributed by atoms with van der Waals surface area (Å²) >= 11 is 5.49. The Labute approximate surface area is 194 Å². The number of amides is 2. The minimum atomic E-state index is -0.221. The molecule has 0 spiro atoms. The lowest BCUT2D eigenvalue weighted by Gasteiger charge is -2.43. The monoisotopic (exact) mass is 457 g/mol. The lowest BCUT2D eigenvalue weighted by atomic mass is 9.76. The molecule has 4 rings (SSSR count). The minimum Gasteiger partial charge on any atom is -0.469 e. The summed E-state index contributed by atoms with van der Waals surface area (Å²) in [5.41, 5.74) is 1.61. The van der Waals surface area contributed by atoms with Crippen molar-refractivity contribution in [2.45, 2.75) is 57.5 Å². The van der Waals surface area contributed by atoms with Gasteiger partial charge < -0.3 is 15.0 Å². The van der Waals surface area contributed by atoms with Crippen molar-refractivity contribution in [3.05, 3.63) is 35.4 Å². The molecule has 32 heavy (non-hydrogen) atoms. The molecule has 8 heteroatoms. The van der Waals surface area contributed by atoms with E-state index < -0.39 is 0 Å². The van der Waals surface area contributed by atoms with Crippen molar-refractivity contribution >= 4 is 35.1 Å². The van der Waals surface area contributed by atoms with Gasteiger partial charge in [-0.15, -0.1) is 0 Å². The molecular formula is C24H31N3O4S. The Balaban J connectivity index is 1.39. The van der Waals surface area contributed by atoms with Crippen LogP contribution < -0.4 is 5.32 Å². The second-order valence-corrected chi connectivity index (χ2v) is 9.41. The van der Waals surface area contributed by atoms with Crippen LogP contribution in [0.25, 0.3) is 0 Å². The fraction of sp³-hybridized carbons (Fsp3) is 0.583. The first kappa shape index (κ1) is 22.7. The van der Waals surface area contributed by atoms with Crippen LogP contribution >= 0.6 is 12.2 Å². The molecule has 2 aliphatic heterocycles. The second kappa shape index (κ2) is 9.98. The predicted octanol–water partition coefficient (Wildman–Crippen LogP) is 2.88. The summed E-state index contributed by atoms with van der Waals surface area (Å²) in [6.07, 6.45) is 6.34. The van der Waals surface area contributed by atoms with Crippen molar-refractivity contribution < 1.29 is 19.1 Å². The molecule has 3 atom stereocenters. The van der Waals surface area contributed by atoms with E-state index in [1.54, 1.807) is 4.90 Å². The molecular weight excluding hydrogens is 426 g/mol. The highest BCUT2D eigenvalue weighted by Crippen LogP contribution is 2.34. The van der Waals surface area contributed by atoms with E-state index in [-0.39, 0.29) is 35.7 Å². The Hall–Kier alpha value is -2.48. The molecule has 1 aliphatic carbocycles. The smallest absolute Gasteiger partial charge is 0.308 e. The predicted molar refractivity (Wildman–Crippen MR) is 124 cm³/mol. The number of fused-ring (bicyclic) bond motifs is 1. The average Bonchev–Trinajstić information content (AvgIpc) is 3.10. The maximum atomic E-state index is 13.2. The topological polar surface area (TPSA) is 79.0 Å². The molecule has 1 aromatic carbocycles. The average molecular weight is 458 g/mol. The number of hydrogen-bond acceptors (Lipinski definition) is 5. The maximum Gasteiger partial charge on any atom is 0.308 e. The summed E-state index contributed by atoms with van der Waals surface area (Å²) < 4.78 is 4.87. The number of nitrogens with zero attached hydrogens (tertiary/aromatic N) is 2. The van der Waals surface area contributed by atoms with Crippen LogP contribution in [0.15, 0.2) is 24.3 Å². The van der Waals surface area contributed by atoms with E-state index in [0.29, 0.717) is 36.5 Å². The van der Waals surface area contributed by atoms with Gasteiger partial charge in [0, 0.05) is 24.7 Å². The zero-order chi connectivity index (χ0) is 22.7. The standard InChI is InChI=1S/C24H31N3O4S/c1-31-23(30)18-10-11-19-20(14-18)25-24(32)27(22(19)29)15-16-6-8-17(9-7-16)21(28)26-12-4-2-3-5-13-26/h6-9,18-20H,2-5,10-15H2,1H3,(H,25,32). The number of ether oxygens (including phenoxy) is 1. The summed E-state index contributed by atoms with van der Waals surface area (Å²) in [6, 6.07) is 7.37. The van der Waals surface area contributed by atoms with Crippen molar-refractivity contribution in [3.63, 3.8) is 0 Å². The van der Waals surface area contributed by atoms with Gasteiger partial charge in [-0.2, -0.15) is 0 Å². The molecule has 3 aliphatic rings. The number of thiocarbonyl (C=S) groups is 1. The maximum absolute atomic E-state index is 13.2. The van der Waals surface area contributed by atoms with Gasteiger partial charge in [0.05, 0.1) is 25.5 Å². The van der Waals surface area contributed by atoms with Crippen LogP contribution in [-0.4, -0.2) is 58.9 Å². The van der Waals surface area contributed by atoms with E-state index in [2.05, 4.69) is 5.32 Å². The Morgan fingerprint density at radius 2 is 1.78 bits per heavy atom. The van der Waals surface area contributed by atoms with Gasteiger partial charge in [0.15, 0.2) is 5.11 Å². The number of carbonyl (C=O) groups excluding carboxylic acids is 3. The van der Waals surface area contributed by atoms with Crippen molar-refractivity contribution in [2.24, 2.45) is 11.8 Å². The molecule has 0 radical (unpaired) electrons. The first-order chi connectivity index (χ1) is 15.5.